The number of aliphatic hydroxyl groups is 1. The van der Waals surface area contributed by atoms with Gasteiger partial charge in [-0.15, -0.1) is 0 Å². The van der Waals surface area contributed by atoms with Crippen LogP contribution in [0.2, 0.25) is 0 Å². The molecule has 4 fully saturated rings. The maximum absolute atomic E-state index is 14.4. The minimum Gasteiger partial charge on any atom is -0.496 e. The maximum atomic E-state index is 14.4. The Kier molecular flexibility index (Phi) is 12.6. The van der Waals surface area contributed by atoms with Crippen molar-refractivity contribution in [2.24, 2.45) is 35.0 Å². The quantitative estimate of drug-likeness (QED) is 0.239. The first-order valence-electron chi connectivity index (χ1n) is 17.7. The molecule has 3 saturated carbocycles. The molecule has 3 N–H and O–H groups in total. The molecule has 10 atom stereocenters. The predicted octanol–water partition coefficient (Wildman–Crippen LogP) is 3.73. The summed E-state index contributed by atoms with van der Waals surface area (Å²) >= 11 is 0. The Bertz CT molecular complexity index is 1290. The van der Waals surface area contributed by atoms with Crippen LogP contribution in [0.1, 0.15) is 84.3 Å². The second-order valence-electron chi connectivity index (χ2n) is 15.4. The normalized spacial score (nSPS) is 29.8. The second kappa shape index (κ2) is 15.9. The molecule has 11 heteroatoms. The fourth-order valence-electron chi connectivity index (χ4n) is 8.87. The predicted molar refractivity (Wildman–Crippen MR) is 184 cm³/mol. The number of nitrogens with zero attached hydrogens (tertiary/aromatic N) is 2. The van der Waals surface area contributed by atoms with E-state index in [9.17, 15) is 19.5 Å². The fourth-order valence-corrected chi connectivity index (χ4v) is 8.87. The van der Waals surface area contributed by atoms with Gasteiger partial charge in [-0.3, -0.25) is 19.2 Å². The molecule has 2 amide bonds. The minimum absolute atomic E-state index is 0.00423. The highest BCUT2D eigenvalue weighted by Crippen LogP contribution is 2.61. The molecular formula is C37H60N4O7. The number of hydrogen-bond acceptors (Lipinski definition) is 9. The van der Waals surface area contributed by atoms with Gasteiger partial charge in [0.05, 0.1) is 26.2 Å². The highest BCUT2D eigenvalue weighted by Gasteiger charge is 2.57. The van der Waals surface area contributed by atoms with Gasteiger partial charge >= 0.3 is 5.97 Å². The van der Waals surface area contributed by atoms with Gasteiger partial charge in [0.1, 0.15) is 24.0 Å². The Labute approximate surface area is 287 Å². The Morgan fingerprint density at radius 2 is 1.90 bits per heavy atom. The van der Waals surface area contributed by atoms with E-state index in [2.05, 4.69) is 36.3 Å². The first kappa shape index (κ1) is 38.1. The molecular weight excluding hydrogens is 612 g/mol. The first-order valence-corrected chi connectivity index (χ1v) is 17.7. The Morgan fingerprint density at radius 3 is 2.46 bits per heavy atom. The smallest absolute Gasteiger partial charge is 0.302 e. The number of aliphatic hydroxyl groups excluding tert-OH is 1. The van der Waals surface area contributed by atoms with Crippen molar-refractivity contribution in [2.45, 2.75) is 104 Å². The number of hydrogen-bond donors (Lipinski definition) is 3. The molecule has 1 heterocycles. The van der Waals surface area contributed by atoms with E-state index in [1.807, 2.05) is 39.2 Å². The molecule has 5 rings (SSSR count). The van der Waals surface area contributed by atoms with Crippen LogP contribution in [0.15, 0.2) is 18.2 Å². The van der Waals surface area contributed by atoms with Gasteiger partial charge in [0.15, 0.2) is 0 Å². The molecule has 2 bridgehead atoms. The number of para-hydroxylation sites is 1. The Hall–Kier alpha value is -2.73. The van der Waals surface area contributed by atoms with E-state index in [-0.39, 0.29) is 48.3 Å². The molecule has 2 unspecified atom stereocenters. The molecule has 1 aliphatic heterocycles. The third kappa shape index (κ3) is 8.01. The largest absolute Gasteiger partial charge is 0.496 e. The Balaban J connectivity index is 1.66. The van der Waals surface area contributed by atoms with Crippen molar-refractivity contribution in [3.05, 3.63) is 29.3 Å². The summed E-state index contributed by atoms with van der Waals surface area (Å²) in [7, 11) is 7.37. The molecule has 270 valence electrons. The van der Waals surface area contributed by atoms with Crippen LogP contribution in [0.3, 0.4) is 0 Å². The number of amides is 2. The summed E-state index contributed by atoms with van der Waals surface area (Å²) in [6.07, 6.45) is 2.17. The van der Waals surface area contributed by atoms with Crippen molar-refractivity contribution in [1.29, 1.82) is 0 Å². The van der Waals surface area contributed by atoms with Crippen molar-refractivity contribution < 1.29 is 33.8 Å². The SMILES string of the molecule is CNC(=O)C(C)CC(CCN(C)C)c1cccc(CN2O[C@@H](CO)[C@@H]([C@H](C)OC(C)=O)[C@H]2C(=O)N[C@H]2C[C@H]3C[C@H]([C@@H]2C)C3(C)C)c1OC. The third-order valence-electron chi connectivity index (χ3n) is 11.8. The van der Waals surface area contributed by atoms with Crippen molar-refractivity contribution in [2.75, 3.05) is 41.4 Å². The highest BCUT2D eigenvalue weighted by molar-refractivity contribution is 5.83. The van der Waals surface area contributed by atoms with E-state index in [1.54, 1.807) is 26.1 Å². The number of esters is 1. The van der Waals surface area contributed by atoms with E-state index >= 15 is 0 Å². The van der Waals surface area contributed by atoms with Gasteiger partial charge in [-0.1, -0.05) is 45.9 Å². The second-order valence-corrected chi connectivity index (χ2v) is 15.4. The number of benzene rings is 1. The number of methoxy groups -OCH3 is 1. The van der Waals surface area contributed by atoms with Crippen molar-refractivity contribution >= 4 is 17.8 Å². The molecule has 0 radical (unpaired) electrons. The van der Waals surface area contributed by atoms with Crippen LogP contribution in [0.5, 0.6) is 5.75 Å². The van der Waals surface area contributed by atoms with Gasteiger partial charge in [0.2, 0.25) is 11.8 Å². The van der Waals surface area contributed by atoms with Gasteiger partial charge in [0, 0.05) is 31.5 Å². The number of rotatable bonds is 15. The van der Waals surface area contributed by atoms with E-state index in [4.69, 9.17) is 14.3 Å². The topological polar surface area (TPSA) is 130 Å². The van der Waals surface area contributed by atoms with Crippen LogP contribution in [-0.4, -0.2) is 98.5 Å². The lowest BCUT2D eigenvalue weighted by Gasteiger charge is -2.62. The summed E-state index contributed by atoms with van der Waals surface area (Å²) < 4.78 is 11.7. The summed E-state index contributed by atoms with van der Waals surface area (Å²) in [5, 5.41) is 18.2. The monoisotopic (exact) mass is 672 g/mol. The molecule has 0 spiro atoms. The lowest BCUT2D eigenvalue weighted by atomic mass is 9.45. The van der Waals surface area contributed by atoms with Gasteiger partial charge in [0.25, 0.3) is 0 Å². The van der Waals surface area contributed by atoms with Crippen molar-refractivity contribution in [1.82, 2.24) is 20.6 Å². The summed E-state index contributed by atoms with van der Waals surface area (Å²) in [5.41, 5.74) is 2.10. The number of carbonyl (C=O) groups excluding carboxylic acids is 3. The van der Waals surface area contributed by atoms with Crippen LogP contribution in [0.4, 0.5) is 0 Å². The molecule has 1 aromatic rings. The summed E-state index contributed by atoms with van der Waals surface area (Å²) in [6, 6.07) is 5.20. The lowest BCUT2D eigenvalue weighted by Crippen LogP contribution is -2.62. The number of carbonyl (C=O) groups is 3. The van der Waals surface area contributed by atoms with Crippen molar-refractivity contribution in [3.8, 4) is 5.75 Å². The van der Waals surface area contributed by atoms with Crippen LogP contribution >= 0.6 is 0 Å². The maximum Gasteiger partial charge on any atom is 0.302 e. The summed E-state index contributed by atoms with van der Waals surface area (Å²) in [4.78, 5) is 47.4. The lowest BCUT2D eigenvalue weighted by molar-refractivity contribution is -0.183. The van der Waals surface area contributed by atoms with E-state index < -0.39 is 30.1 Å². The molecule has 48 heavy (non-hydrogen) atoms. The molecule has 1 saturated heterocycles. The van der Waals surface area contributed by atoms with Crippen LogP contribution < -0.4 is 15.4 Å². The van der Waals surface area contributed by atoms with Crippen LogP contribution in [-0.2, 0) is 30.5 Å². The fraction of sp³-hybridized carbons (Fsp3) is 0.757. The molecule has 1 aromatic carbocycles. The Morgan fingerprint density at radius 1 is 1.19 bits per heavy atom. The third-order valence-corrected chi connectivity index (χ3v) is 11.8. The molecule has 3 aliphatic carbocycles. The zero-order chi connectivity index (χ0) is 35.5. The highest BCUT2D eigenvalue weighted by atomic mass is 16.7. The summed E-state index contributed by atoms with van der Waals surface area (Å²) in [5.74, 6) is 0.736. The van der Waals surface area contributed by atoms with E-state index in [1.165, 1.54) is 13.3 Å². The van der Waals surface area contributed by atoms with Crippen LogP contribution in [0.25, 0.3) is 0 Å². The van der Waals surface area contributed by atoms with Gasteiger partial charge in [-0.2, -0.15) is 5.06 Å². The van der Waals surface area contributed by atoms with Crippen molar-refractivity contribution in [3.63, 3.8) is 0 Å². The zero-order valence-corrected chi connectivity index (χ0v) is 30.7. The molecule has 0 aromatic heterocycles. The van der Waals surface area contributed by atoms with Gasteiger partial charge < -0.3 is 30.1 Å². The standard InChI is InChI=1S/C37H60N4O7/c1-21(35(44)38-7)16-25(14-15-40(8)9)28-13-11-12-26(34(28)46-10)19-41-33(32(31(20-42)48-41)23(3)47-24(4)43)36(45)39-30-18-27-17-29(22(30)2)37(27,5)6/h11-13,21-23,25,27,29-33,42H,14-20H2,1-10H3,(H,38,44)(H,39,45)/t21?,22-,23-,25?,27+,29+,30-,31-,32+,33-/m0/s1. The minimum atomic E-state index is -0.818. The average molecular weight is 673 g/mol. The van der Waals surface area contributed by atoms with Crippen LogP contribution in [0, 0.1) is 35.0 Å². The number of fused-ring (bicyclic) bond motifs is 2. The molecule has 4 aliphatic rings. The van der Waals surface area contributed by atoms with Gasteiger partial charge in [-0.05, 0) is 87.9 Å². The van der Waals surface area contributed by atoms with E-state index in [0.717, 1.165) is 30.5 Å². The summed E-state index contributed by atoms with van der Waals surface area (Å²) in [6.45, 7) is 12.7. The number of hydroxylamine groups is 2. The van der Waals surface area contributed by atoms with Gasteiger partial charge in [-0.25, -0.2) is 0 Å². The number of nitrogens with one attached hydrogen (secondary N) is 2. The average Bonchev–Trinajstić information content (AvgIpc) is 3.41. The number of ether oxygens (including phenoxy) is 2. The van der Waals surface area contributed by atoms with E-state index in [0.29, 0.717) is 29.9 Å². The molecule has 11 nitrogen and oxygen atoms in total. The zero-order valence-electron chi connectivity index (χ0n) is 30.7. The first-order chi connectivity index (χ1) is 22.6.